The third-order valence-electron chi connectivity index (χ3n) is 2.35. The van der Waals surface area contributed by atoms with Crippen molar-refractivity contribution < 1.29 is 4.42 Å². The Morgan fingerprint density at radius 1 is 1.28 bits per heavy atom. The van der Waals surface area contributed by atoms with Crippen LogP contribution < -0.4 is 10.6 Å². The van der Waals surface area contributed by atoms with E-state index in [1.165, 1.54) is 12.2 Å². The summed E-state index contributed by atoms with van der Waals surface area (Å²) >= 11 is 1.88. The Morgan fingerprint density at radius 2 is 2.11 bits per heavy atom. The van der Waals surface area contributed by atoms with Crippen LogP contribution in [0.2, 0.25) is 0 Å². The number of aromatic nitrogens is 2. The molecule has 0 spiro atoms. The molecular formula is C12H24N4OS. The summed E-state index contributed by atoms with van der Waals surface area (Å²) in [7, 11) is 0. The van der Waals surface area contributed by atoms with Gasteiger partial charge >= 0.3 is 6.01 Å². The molecule has 1 heterocycles. The van der Waals surface area contributed by atoms with Crippen LogP contribution in [0.5, 0.6) is 0 Å². The monoisotopic (exact) mass is 272 g/mol. The van der Waals surface area contributed by atoms with Gasteiger partial charge in [-0.1, -0.05) is 18.9 Å². The highest BCUT2D eigenvalue weighted by Gasteiger charge is 2.04. The topological polar surface area (TPSA) is 63.0 Å². The zero-order valence-corrected chi connectivity index (χ0v) is 12.3. The molecule has 0 atom stereocenters. The lowest BCUT2D eigenvalue weighted by Crippen LogP contribution is -2.19. The lowest BCUT2D eigenvalue weighted by atomic mass is 10.2. The third-order valence-corrected chi connectivity index (χ3v) is 3.04. The van der Waals surface area contributed by atoms with E-state index in [2.05, 4.69) is 40.9 Å². The Kier molecular flexibility index (Phi) is 7.84. The van der Waals surface area contributed by atoms with E-state index in [1.54, 1.807) is 0 Å². The summed E-state index contributed by atoms with van der Waals surface area (Å²) in [4.78, 5) is 0. The number of anilines is 1. The van der Waals surface area contributed by atoms with Gasteiger partial charge in [0, 0.05) is 6.54 Å². The van der Waals surface area contributed by atoms with Crippen LogP contribution in [-0.4, -0.2) is 35.3 Å². The van der Waals surface area contributed by atoms with E-state index >= 15 is 0 Å². The van der Waals surface area contributed by atoms with Crippen LogP contribution in [0, 0.1) is 5.92 Å². The molecular weight excluding hydrogens is 248 g/mol. The van der Waals surface area contributed by atoms with E-state index in [-0.39, 0.29) is 0 Å². The van der Waals surface area contributed by atoms with E-state index < -0.39 is 0 Å². The van der Waals surface area contributed by atoms with Crippen molar-refractivity contribution in [1.29, 1.82) is 0 Å². The predicted molar refractivity (Wildman–Crippen MR) is 76.9 cm³/mol. The molecule has 0 saturated heterocycles. The van der Waals surface area contributed by atoms with Gasteiger partial charge in [0.1, 0.15) is 0 Å². The van der Waals surface area contributed by atoms with Crippen molar-refractivity contribution >= 4 is 17.8 Å². The van der Waals surface area contributed by atoms with Gasteiger partial charge in [-0.2, -0.15) is 11.8 Å². The van der Waals surface area contributed by atoms with Gasteiger partial charge in [0.05, 0.1) is 6.54 Å². The number of unbranched alkanes of at least 4 members (excludes halogenated alkanes) is 1. The Hall–Kier alpha value is -0.750. The maximum absolute atomic E-state index is 5.47. The van der Waals surface area contributed by atoms with Crippen LogP contribution in [0.3, 0.4) is 0 Å². The highest BCUT2D eigenvalue weighted by Crippen LogP contribution is 2.06. The molecule has 1 rings (SSSR count). The first-order valence-corrected chi connectivity index (χ1v) is 7.87. The van der Waals surface area contributed by atoms with Crippen LogP contribution in [0.15, 0.2) is 4.42 Å². The van der Waals surface area contributed by atoms with E-state index in [1.807, 2.05) is 11.8 Å². The fourth-order valence-electron chi connectivity index (χ4n) is 1.43. The lowest BCUT2D eigenvalue weighted by molar-refractivity contribution is 0.458. The number of hydrogen-bond donors (Lipinski definition) is 2. The van der Waals surface area contributed by atoms with Gasteiger partial charge in [-0.15, -0.1) is 5.10 Å². The number of nitrogens with one attached hydrogen (secondary N) is 2. The number of hydrogen-bond acceptors (Lipinski definition) is 6. The molecule has 0 saturated carbocycles. The molecule has 0 radical (unpaired) electrons. The molecule has 0 aliphatic heterocycles. The minimum absolute atomic E-state index is 0.528. The largest absolute Gasteiger partial charge is 0.407 e. The molecule has 0 unspecified atom stereocenters. The second-order valence-corrected chi connectivity index (χ2v) is 5.64. The fraction of sp³-hybridized carbons (Fsp3) is 0.833. The highest BCUT2D eigenvalue weighted by atomic mass is 32.2. The highest BCUT2D eigenvalue weighted by molar-refractivity contribution is 7.98. The zero-order valence-electron chi connectivity index (χ0n) is 11.5. The quantitative estimate of drug-likeness (QED) is 0.638. The minimum Gasteiger partial charge on any atom is -0.407 e. The van der Waals surface area contributed by atoms with E-state index in [0.717, 1.165) is 19.5 Å². The van der Waals surface area contributed by atoms with Crippen molar-refractivity contribution in [3.63, 3.8) is 0 Å². The first-order valence-electron chi connectivity index (χ1n) is 6.48. The number of rotatable bonds is 10. The third kappa shape index (κ3) is 6.86. The molecule has 5 nitrogen and oxygen atoms in total. The molecule has 0 aliphatic rings. The maximum Gasteiger partial charge on any atom is 0.315 e. The lowest BCUT2D eigenvalue weighted by Gasteiger charge is -2.03. The first-order chi connectivity index (χ1) is 8.72. The second kappa shape index (κ2) is 9.22. The Morgan fingerprint density at radius 3 is 2.83 bits per heavy atom. The van der Waals surface area contributed by atoms with E-state index in [4.69, 9.17) is 4.42 Å². The van der Waals surface area contributed by atoms with Crippen molar-refractivity contribution in [2.24, 2.45) is 5.92 Å². The average molecular weight is 272 g/mol. The number of nitrogens with zero attached hydrogens (tertiary/aromatic N) is 2. The zero-order chi connectivity index (χ0) is 13.2. The van der Waals surface area contributed by atoms with Gasteiger partial charge in [0.25, 0.3) is 0 Å². The minimum atomic E-state index is 0.528. The van der Waals surface area contributed by atoms with Crippen molar-refractivity contribution in [3.8, 4) is 0 Å². The van der Waals surface area contributed by atoms with Crippen molar-refractivity contribution in [3.05, 3.63) is 5.89 Å². The Labute approximate surface area is 114 Å². The van der Waals surface area contributed by atoms with Crippen LogP contribution in [0.1, 0.15) is 32.6 Å². The molecule has 6 heteroatoms. The summed E-state index contributed by atoms with van der Waals surface area (Å²) in [5.41, 5.74) is 0. The Balaban J connectivity index is 2.13. The normalized spacial score (nSPS) is 11.1. The summed E-state index contributed by atoms with van der Waals surface area (Å²) in [5.74, 6) is 2.47. The molecule has 1 aromatic rings. The molecule has 0 bridgehead atoms. The Bertz CT molecular complexity index is 317. The summed E-state index contributed by atoms with van der Waals surface area (Å²) in [6.45, 7) is 6.82. The van der Waals surface area contributed by atoms with Crippen LogP contribution >= 0.6 is 11.8 Å². The number of thioether (sulfide) groups is 1. The first kappa shape index (κ1) is 15.3. The predicted octanol–water partition coefficient (Wildman–Crippen LogP) is 2.37. The van der Waals surface area contributed by atoms with Gasteiger partial charge in [0.15, 0.2) is 0 Å². The average Bonchev–Trinajstić information content (AvgIpc) is 2.76. The molecule has 18 heavy (non-hydrogen) atoms. The summed E-state index contributed by atoms with van der Waals surface area (Å²) in [5, 5.41) is 14.4. The van der Waals surface area contributed by atoms with E-state index in [0.29, 0.717) is 24.4 Å². The molecule has 0 amide bonds. The van der Waals surface area contributed by atoms with Gasteiger partial charge in [-0.3, -0.25) is 0 Å². The second-order valence-electron chi connectivity index (χ2n) is 4.65. The van der Waals surface area contributed by atoms with Gasteiger partial charge in [0.2, 0.25) is 5.89 Å². The van der Waals surface area contributed by atoms with Gasteiger partial charge < -0.3 is 15.1 Å². The summed E-state index contributed by atoms with van der Waals surface area (Å²) in [6.07, 6.45) is 4.47. The standard InChI is InChI=1S/C12H24N4OS/c1-10(2)8-13-9-11-15-16-12(17-11)14-6-4-5-7-18-3/h10,13H,4-9H2,1-3H3,(H,14,16). The molecule has 2 N–H and O–H groups in total. The summed E-state index contributed by atoms with van der Waals surface area (Å²) in [6, 6.07) is 0.528. The molecule has 1 aromatic heterocycles. The van der Waals surface area contributed by atoms with Crippen LogP contribution in [-0.2, 0) is 6.54 Å². The SMILES string of the molecule is CSCCCCNc1nnc(CNCC(C)C)o1. The van der Waals surface area contributed by atoms with Crippen molar-refractivity contribution in [2.75, 3.05) is 30.4 Å². The maximum atomic E-state index is 5.47. The van der Waals surface area contributed by atoms with Crippen LogP contribution in [0.25, 0.3) is 0 Å². The molecule has 0 fully saturated rings. The molecule has 0 aromatic carbocycles. The van der Waals surface area contributed by atoms with Gasteiger partial charge in [-0.25, -0.2) is 0 Å². The summed E-state index contributed by atoms with van der Waals surface area (Å²) < 4.78 is 5.47. The molecule has 104 valence electrons. The smallest absolute Gasteiger partial charge is 0.315 e. The van der Waals surface area contributed by atoms with E-state index in [9.17, 15) is 0 Å². The van der Waals surface area contributed by atoms with Gasteiger partial charge in [-0.05, 0) is 37.3 Å². The molecule has 0 aliphatic carbocycles. The van der Waals surface area contributed by atoms with Crippen molar-refractivity contribution in [2.45, 2.75) is 33.2 Å². The van der Waals surface area contributed by atoms with Crippen LogP contribution in [0.4, 0.5) is 6.01 Å². The van der Waals surface area contributed by atoms with Crippen molar-refractivity contribution in [1.82, 2.24) is 15.5 Å². The fourth-order valence-corrected chi connectivity index (χ4v) is 1.92.